The van der Waals surface area contributed by atoms with E-state index >= 15 is 0 Å². The van der Waals surface area contributed by atoms with Gasteiger partial charge in [0.05, 0.1) is 4.90 Å². The lowest BCUT2D eigenvalue weighted by atomic mass is 9.96. The van der Waals surface area contributed by atoms with Gasteiger partial charge in [-0.1, -0.05) is 6.07 Å². The number of sulfonamides is 1. The first-order valence-corrected chi connectivity index (χ1v) is 9.24. The monoisotopic (exact) mass is 354 g/mol. The Balaban J connectivity index is 2.29. The van der Waals surface area contributed by atoms with Crippen LogP contribution in [-0.4, -0.2) is 42.8 Å². The lowest BCUT2D eigenvalue weighted by molar-refractivity contribution is -0.138. The van der Waals surface area contributed by atoms with E-state index in [2.05, 4.69) is 5.32 Å². The van der Waals surface area contributed by atoms with Crippen LogP contribution in [-0.2, 0) is 19.6 Å². The van der Waals surface area contributed by atoms with Gasteiger partial charge in [0.2, 0.25) is 15.9 Å². The Hall–Kier alpha value is -1.93. The Morgan fingerprint density at radius 2 is 2.08 bits per heavy atom. The summed E-state index contributed by atoms with van der Waals surface area (Å²) >= 11 is 0. The van der Waals surface area contributed by atoms with E-state index in [1.807, 2.05) is 0 Å². The van der Waals surface area contributed by atoms with Gasteiger partial charge in [-0.05, 0) is 43.4 Å². The molecule has 0 saturated carbocycles. The molecule has 1 unspecified atom stereocenters. The number of carboxylic acids is 1. The number of benzene rings is 1. The minimum atomic E-state index is -3.73. The summed E-state index contributed by atoms with van der Waals surface area (Å²) in [5.41, 5.74) is 1.01. The number of nitrogens with one attached hydrogen (secondary N) is 1. The van der Waals surface area contributed by atoms with Crippen LogP contribution in [0.15, 0.2) is 23.1 Å². The van der Waals surface area contributed by atoms with Crippen molar-refractivity contribution in [1.82, 2.24) is 4.31 Å². The van der Waals surface area contributed by atoms with Crippen molar-refractivity contribution in [1.29, 1.82) is 0 Å². The number of rotatable bonds is 5. The Morgan fingerprint density at radius 1 is 1.38 bits per heavy atom. The summed E-state index contributed by atoms with van der Waals surface area (Å²) in [5, 5.41) is 11.5. The predicted molar refractivity (Wildman–Crippen MR) is 89.2 cm³/mol. The van der Waals surface area contributed by atoms with Gasteiger partial charge in [0.1, 0.15) is 0 Å². The van der Waals surface area contributed by atoms with Crippen molar-refractivity contribution in [3.8, 4) is 0 Å². The standard InChI is InChI=1S/C16H22N2O5S/c1-11-5-6-14(17-12(2)19)9-15(11)24(22,23)18-7-3-4-13(10-18)8-16(20)21/h5-6,9,13H,3-4,7-8,10H2,1-2H3,(H,17,19)(H,20,21). The van der Waals surface area contributed by atoms with E-state index < -0.39 is 16.0 Å². The number of hydrogen-bond acceptors (Lipinski definition) is 4. The quantitative estimate of drug-likeness (QED) is 0.839. The van der Waals surface area contributed by atoms with Gasteiger partial charge in [0, 0.05) is 32.1 Å². The topological polar surface area (TPSA) is 104 Å². The second kappa shape index (κ2) is 7.31. The van der Waals surface area contributed by atoms with E-state index in [0.717, 1.165) is 0 Å². The third-order valence-electron chi connectivity index (χ3n) is 4.07. The van der Waals surface area contributed by atoms with Crippen molar-refractivity contribution >= 4 is 27.6 Å². The third kappa shape index (κ3) is 4.33. The molecule has 0 aromatic heterocycles. The maximum atomic E-state index is 12.9. The van der Waals surface area contributed by atoms with E-state index in [9.17, 15) is 18.0 Å². The van der Waals surface area contributed by atoms with E-state index in [1.54, 1.807) is 19.1 Å². The van der Waals surface area contributed by atoms with Crippen LogP contribution in [0.4, 0.5) is 5.69 Å². The Bertz CT molecular complexity index is 745. The van der Waals surface area contributed by atoms with Crippen molar-refractivity contribution in [3.05, 3.63) is 23.8 Å². The molecule has 8 heteroatoms. The van der Waals surface area contributed by atoms with Crippen LogP contribution < -0.4 is 5.32 Å². The number of aliphatic carboxylic acids is 1. The van der Waals surface area contributed by atoms with Gasteiger partial charge >= 0.3 is 5.97 Å². The fraction of sp³-hybridized carbons (Fsp3) is 0.500. The first-order valence-electron chi connectivity index (χ1n) is 7.80. The smallest absolute Gasteiger partial charge is 0.303 e. The molecule has 0 spiro atoms. The number of hydrogen-bond donors (Lipinski definition) is 2. The molecule has 132 valence electrons. The number of piperidine rings is 1. The average molecular weight is 354 g/mol. The van der Waals surface area contributed by atoms with Crippen LogP contribution in [0.5, 0.6) is 0 Å². The molecule has 1 saturated heterocycles. The number of carboxylic acid groups (broad SMARTS) is 1. The van der Waals surface area contributed by atoms with Crippen LogP contribution in [0.1, 0.15) is 31.7 Å². The molecule has 0 aliphatic carbocycles. The van der Waals surface area contributed by atoms with E-state index in [4.69, 9.17) is 5.11 Å². The van der Waals surface area contributed by atoms with Crippen molar-refractivity contribution in [2.75, 3.05) is 18.4 Å². The number of anilines is 1. The Kier molecular flexibility index (Phi) is 5.61. The minimum absolute atomic E-state index is 0.0308. The zero-order valence-electron chi connectivity index (χ0n) is 13.8. The fourth-order valence-electron chi connectivity index (χ4n) is 2.96. The normalized spacial score (nSPS) is 19.0. The Labute approximate surface area is 141 Å². The molecule has 7 nitrogen and oxygen atoms in total. The average Bonchev–Trinajstić information content (AvgIpc) is 2.48. The van der Waals surface area contributed by atoms with Gasteiger partial charge in [-0.3, -0.25) is 9.59 Å². The first kappa shape index (κ1) is 18.4. The maximum Gasteiger partial charge on any atom is 0.303 e. The molecular weight excluding hydrogens is 332 g/mol. The molecule has 1 atom stereocenters. The molecule has 1 aromatic rings. The fourth-order valence-corrected chi connectivity index (χ4v) is 4.76. The highest BCUT2D eigenvalue weighted by molar-refractivity contribution is 7.89. The highest BCUT2D eigenvalue weighted by Crippen LogP contribution is 2.28. The number of nitrogens with zero attached hydrogens (tertiary/aromatic N) is 1. The summed E-state index contributed by atoms with van der Waals surface area (Å²) in [5.74, 6) is -1.37. The van der Waals surface area contributed by atoms with Crippen LogP contribution >= 0.6 is 0 Å². The van der Waals surface area contributed by atoms with Crippen molar-refractivity contribution in [3.63, 3.8) is 0 Å². The summed E-state index contributed by atoms with van der Waals surface area (Å²) in [6.45, 7) is 3.64. The molecule has 2 N–H and O–H groups in total. The van der Waals surface area contributed by atoms with Crippen molar-refractivity contribution < 1.29 is 23.1 Å². The zero-order valence-corrected chi connectivity index (χ0v) is 14.6. The molecule has 0 radical (unpaired) electrons. The van der Waals surface area contributed by atoms with Crippen LogP contribution in [0, 0.1) is 12.8 Å². The summed E-state index contributed by atoms with van der Waals surface area (Å²) < 4.78 is 27.2. The molecule has 0 bridgehead atoms. The molecule has 2 rings (SSSR count). The lowest BCUT2D eigenvalue weighted by Gasteiger charge is -2.31. The number of aryl methyl sites for hydroxylation is 1. The van der Waals surface area contributed by atoms with E-state index in [-0.39, 0.29) is 29.7 Å². The number of amides is 1. The van der Waals surface area contributed by atoms with Gasteiger partial charge in [0.15, 0.2) is 0 Å². The van der Waals surface area contributed by atoms with Gasteiger partial charge in [-0.15, -0.1) is 0 Å². The SMILES string of the molecule is CC(=O)Nc1ccc(C)c(S(=O)(=O)N2CCCC(CC(=O)O)C2)c1. The minimum Gasteiger partial charge on any atom is -0.481 e. The molecule has 1 aromatic carbocycles. The maximum absolute atomic E-state index is 12.9. The summed E-state index contributed by atoms with van der Waals surface area (Å²) in [7, 11) is -3.73. The van der Waals surface area contributed by atoms with Crippen molar-refractivity contribution in [2.24, 2.45) is 5.92 Å². The second-order valence-electron chi connectivity index (χ2n) is 6.13. The largest absolute Gasteiger partial charge is 0.481 e. The van der Waals surface area contributed by atoms with Gasteiger partial charge in [-0.25, -0.2) is 8.42 Å². The Morgan fingerprint density at radius 3 is 2.71 bits per heavy atom. The van der Waals surface area contributed by atoms with Gasteiger partial charge < -0.3 is 10.4 Å². The number of carbonyl (C=O) groups is 2. The summed E-state index contributed by atoms with van der Waals surface area (Å²) in [4.78, 5) is 22.2. The van der Waals surface area contributed by atoms with Crippen LogP contribution in [0.25, 0.3) is 0 Å². The van der Waals surface area contributed by atoms with Gasteiger partial charge in [-0.2, -0.15) is 4.31 Å². The summed E-state index contributed by atoms with van der Waals surface area (Å²) in [6.07, 6.45) is 1.32. The predicted octanol–water partition coefficient (Wildman–Crippen LogP) is 1.83. The summed E-state index contributed by atoms with van der Waals surface area (Å²) in [6, 6.07) is 4.75. The van der Waals surface area contributed by atoms with Crippen molar-refractivity contribution in [2.45, 2.75) is 38.0 Å². The van der Waals surface area contributed by atoms with Crippen LogP contribution in [0.2, 0.25) is 0 Å². The van der Waals surface area contributed by atoms with Gasteiger partial charge in [0.25, 0.3) is 0 Å². The molecule has 1 fully saturated rings. The molecular formula is C16H22N2O5S. The molecule has 24 heavy (non-hydrogen) atoms. The highest BCUT2D eigenvalue weighted by Gasteiger charge is 2.32. The molecule has 1 heterocycles. The molecule has 1 amide bonds. The molecule has 1 aliphatic rings. The molecule has 1 aliphatic heterocycles. The zero-order chi connectivity index (χ0) is 17.9. The second-order valence-corrected chi connectivity index (χ2v) is 8.04. The highest BCUT2D eigenvalue weighted by atomic mass is 32.2. The lowest BCUT2D eigenvalue weighted by Crippen LogP contribution is -2.40. The first-order chi connectivity index (χ1) is 11.2. The van der Waals surface area contributed by atoms with E-state index in [1.165, 1.54) is 17.3 Å². The number of carbonyl (C=O) groups excluding carboxylic acids is 1. The van der Waals surface area contributed by atoms with Crippen LogP contribution in [0.3, 0.4) is 0 Å². The van der Waals surface area contributed by atoms with E-state index in [0.29, 0.717) is 30.6 Å². The third-order valence-corrected chi connectivity index (χ3v) is 6.08.